The van der Waals surface area contributed by atoms with Crippen molar-refractivity contribution in [3.05, 3.63) is 23.5 Å². The van der Waals surface area contributed by atoms with E-state index in [2.05, 4.69) is 0 Å². The first-order chi connectivity index (χ1) is 17.7. The third-order valence-electron chi connectivity index (χ3n) is 8.96. The first kappa shape index (κ1) is 25.2. The van der Waals surface area contributed by atoms with Crippen molar-refractivity contribution in [3.63, 3.8) is 0 Å². The highest BCUT2D eigenvalue weighted by Gasteiger charge is 2.75. The zero-order valence-corrected chi connectivity index (χ0v) is 20.5. The summed E-state index contributed by atoms with van der Waals surface area (Å²) in [5.41, 5.74) is 0.660. The van der Waals surface area contributed by atoms with E-state index in [-0.39, 0.29) is 23.7 Å². The molecule has 0 radical (unpaired) electrons. The van der Waals surface area contributed by atoms with Crippen LogP contribution in [0.2, 0.25) is 0 Å². The molecule has 0 bridgehead atoms. The van der Waals surface area contributed by atoms with Crippen LogP contribution < -0.4 is 0 Å². The molecule has 0 aromatic carbocycles. The summed E-state index contributed by atoms with van der Waals surface area (Å²) >= 11 is 0. The highest BCUT2D eigenvalue weighted by Crippen LogP contribution is 2.60. The Morgan fingerprint density at radius 3 is 2.70 bits per heavy atom. The molecule has 204 valence electrons. The highest BCUT2D eigenvalue weighted by atomic mass is 16.8. The van der Waals surface area contributed by atoms with Gasteiger partial charge in [-0.2, -0.15) is 0 Å². The number of carbonyl (C=O) groups excluding carboxylic acids is 2. The van der Waals surface area contributed by atoms with E-state index in [9.17, 15) is 30.0 Å². The summed E-state index contributed by atoms with van der Waals surface area (Å²) in [5, 5.41) is 40.0. The Morgan fingerprint density at radius 1 is 1.16 bits per heavy atom. The molecule has 2 aliphatic carbocycles. The van der Waals surface area contributed by atoms with Crippen molar-refractivity contribution in [3.8, 4) is 0 Å². The zero-order valence-electron chi connectivity index (χ0n) is 20.5. The molecule has 4 aliphatic heterocycles. The number of esters is 2. The number of rotatable bonds is 5. The third-order valence-corrected chi connectivity index (χ3v) is 8.96. The molecule has 4 heterocycles. The molecule has 0 amide bonds. The Kier molecular flexibility index (Phi) is 6.14. The van der Waals surface area contributed by atoms with E-state index < -0.39 is 73.3 Å². The molecule has 3 saturated heterocycles. The second-order valence-corrected chi connectivity index (χ2v) is 10.9. The van der Waals surface area contributed by atoms with Gasteiger partial charge in [-0.1, -0.05) is 5.57 Å². The van der Waals surface area contributed by atoms with Crippen LogP contribution in [0.3, 0.4) is 0 Å². The van der Waals surface area contributed by atoms with Gasteiger partial charge in [0.15, 0.2) is 6.29 Å². The number of hydrogen-bond acceptors (Lipinski definition) is 12. The molecule has 2 saturated carbocycles. The van der Waals surface area contributed by atoms with Gasteiger partial charge in [0, 0.05) is 17.4 Å². The van der Waals surface area contributed by atoms with Crippen molar-refractivity contribution in [1.29, 1.82) is 0 Å². The lowest BCUT2D eigenvalue weighted by molar-refractivity contribution is -0.344. The van der Waals surface area contributed by atoms with E-state index >= 15 is 0 Å². The van der Waals surface area contributed by atoms with Crippen molar-refractivity contribution in [2.45, 2.75) is 81.5 Å². The normalized spacial score (nSPS) is 51.0. The van der Waals surface area contributed by atoms with Crippen LogP contribution in [0, 0.1) is 23.7 Å². The molecule has 6 aliphatic rings. The van der Waals surface area contributed by atoms with Crippen LogP contribution in [0.5, 0.6) is 0 Å². The van der Waals surface area contributed by atoms with E-state index in [1.807, 2.05) is 6.92 Å². The number of hydrogen-bond donors (Lipinski definition) is 4. The lowest BCUT2D eigenvalue weighted by Gasteiger charge is -2.43. The fourth-order valence-corrected chi connectivity index (χ4v) is 6.76. The fourth-order valence-electron chi connectivity index (χ4n) is 6.76. The van der Waals surface area contributed by atoms with Crippen LogP contribution in [0.25, 0.3) is 0 Å². The standard InChI is InChI=1S/C25H32O12/c1-9(10-3-4-11-13(10)8-33-22(11)31)21(30)35-19-12-5-6-32-23(15(12)25(2)20(19)37-25)36-24-18(29)17(28)16(27)14(7-26)34-24/h5-6,11-20,23-24,26-29H,3-4,7-8H2,1-2H3/b10-9-/t11-,12-,13+,14-,15-,16-,17+,18-,19+,20+,23+,24+,25-/m1/s1. The van der Waals surface area contributed by atoms with Gasteiger partial charge in [0.1, 0.15) is 42.2 Å². The molecule has 0 aromatic rings. The average molecular weight is 525 g/mol. The Hall–Kier alpha value is -2.06. The summed E-state index contributed by atoms with van der Waals surface area (Å²) in [7, 11) is 0. The van der Waals surface area contributed by atoms with Gasteiger partial charge in [-0.25, -0.2) is 4.79 Å². The van der Waals surface area contributed by atoms with Gasteiger partial charge >= 0.3 is 11.9 Å². The van der Waals surface area contributed by atoms with Gasteiger partial charge in [0.05, 0.1) is 31.3 Å². The molecular formula is C25H32O12. The lowest BCUT2D eigenvalue weighted by atomic mass is 9.86. The van der Waals surface area contributed by atoms with E-state index in [0.29, 0.717) is 25.0 Å². The molecule has 4 N–H and O–H groups in total. The van der Waals surface area contributed by atoms with Crippen LogP contribution in [-0.4, -0.2) is 100 Å². The van der Waals surface area contributed by atoms with Crippen molar-refractivity contribution in [2.24, 2.45) is 23.7 Å². The number of cyclic esters (lactones) is 1. The quantitative estimate of drug-likeness (QED) is 0.194. The zero-order chi connectivity index (χ0) is 26.2. The number of aliphatic hydroxyl groups excluding tert-OH is 4. The molecule has 0 aromatic heterocycles. The molecule has 0 unspecified atom stereocenters. The SMILES string of the molecule is C/C(C(=O)O[C@H]1[C@@H]2C=CO[C@@H](O[C@@H]3O[C@H](CO)[C@@H](O)[C@H](O)[C@H]3O)[C@@H]2[C@@]2(C)O[C@@H]12)=C1\CC[C@H]2C(=O)OC[C@@H]12. The van der Waals surface area contributed by atoms with E-state index in [1.165, 1.54) is 6.26 Å². The largest absolute Gasteiger partial charge is 0.472 e. The van der Waals surface area contributed by atoms with Gasteiger partial charge in [-0.15, -0.1) is 0 Å². The smallest absolute Gasteiger partial charge is 0.334 e. The van der Waals surface area contributed by atoms with Crippen molar-refractivity contribution >= 4 is 11.9 Å². The predicted octanol–water partition coefficient (Wildman–Crippen LogP) is -1.11. The molecule has 12 heteroatoms. The van der Waals surface area contributed by atoms with Gasteiger partial charge < -0.3 is 48.8 Å². The van der Waals surface area contributed by atoms with Crippen LogP contribution in [0.1, 0.15) is 26.7 Å². The summed E-state index contributed by atoms with van der Waals surface area (Å²) in [6, 6.07) is 0. The third kappa shape index (κ3) is 3.84. The van der Waals surface area contributed by atoms with Crippen molar-refractivity contribution in [2.75, 3.05) is 13.2 Å². The summed E-state index contributed by atoms with van der Waals surface area (Å²) in [6.07, 6.45) is -4.64. The maximum Gasteiger partial charge on any atom is 0.334 e. The number of ether oxygens (including phenoxy) is 6. The van der Waals surface area contributed by atoms with Gasteiger partial charge in [-0.3, -0.25) is 4.79 Å². The van der Waals surface area contributed by atoms with Crippen LogP contribution in [0.4, 0.5) is 0 Å². The maximum atomic E-state index is 13.2. The van der Waals surface area contributed by atoms with Gasteiger partial charge in [-0.05, 0) is 32.8 Å². The average Bonchev–Trinajstić information content (AvgIpc) is 3.15. The van der Waals surface area contributed by atoms with Crippen molar-refractivity contribution in [1.82, 2.24) is 0 Å². The molecule has 37 heavy (non-hydrogen) atoms. The minimum Gasteiger partial charge on any atom is -0.472 e. The summed E-state index contributed by atoms with van der Waals surface area (Å²) in [6.45, 7) is 3.29. The maximum absolute atomic E-state index is 13.2. The van der Waals surface area contributed by atoms with E-state index in [1.54, 1.807) is 13.0 Å². The van der Waals surface area contributed by atoms with E-state index in [0.717, 1.165) is 5.57 Å². The Bertz CT molecular complexity index is 1020. The highest BCUT2D eigenvalue weighted by molar-refractivity contribution is 5.90. The minimum absolute atomic E-state index is 0.0851. The monoisotopic (exact) mass is 524 g/mol. The summed E-state index contributed by atoms with van der Waals surface area (Å²) in [5.74, 6) is -1.70. The molecule has 0 spiro atoms. The second kappa shape index (κ2) is 9.01. The Balaban J connectivity index is 1.17. The van der Waals surface area contributed by atoms with Crippen LogP contribution >= 0.6 is 0 Å². The lowest BCUT2D eigenvalue weighted by Crippen LogP contribution is -2.60. The van der Waals surface area contributed by atoms with Gasteiger partial charge in [0.2, 0.25) is 6.29 Å². The summed E-state index contributed by atoms with van der Waals surface area (Å²) in [4.78, 5) is 25.1. The second-order valence-electron chi connectivity index (χ2n) is 10.9. The van der Waals surface area contributed by atoms with Crippen molar-refractivity contribution < 1.29 is 58.4 Å². The van der Waals surface area contributed by atoms with Crippen LogP contribution in [0.15, 0.2) is 23.5 Å². The number of carbonyl (C=O) groups is 2. The Morgan fingerprint density at radius 2 is 1.95 bits per heavy atom. The molecule has 6 rings (SSSR count). The number of epoxide rings is 1. The van der Waals surface area contributed by atoms with Crippen LogP contribution in [-0.2, 0) is 38.0 Å². The minimum atomic E-state index is -1.59. The molecule has 5 fully saturated rings. The number of aliphatic hydroxyl groups is 4. The van der Waals surface area contributed by atoms with E-state index in [4.69, 9.17) is 28.4 Å². The first-order valence-electron chi connectivity index (χ1n) is 12.7. The summed E-state index contributed by atoms with van der Waals surface area (Å²) < 4.78 is 34.2. The molecule has 12 nitrogen and oxygen atoms in total. The first-order valence-corrected chi connectivity index (χ1v) is 12.7. The fraction of sp³-hybridized carbons (Fsp3) is 0.760. The molecule has 13 atom stereocenters. The van der Waals surface area contributed by atoms with Gasteiger partial charge in [0.25, 0.3) is 0 Å². The topological polar surface area (TPSA) is 174 Å². The number of fused-ring (bicyclic) bond motifs is 4. The predicted molar refractivity (Wildman–Crippen MR) is 119 cm³/mol. The molecular weight excluding hydrogens is 492 g/mol. The Labute approximate surface area is 212 Å².